The zero-order valence-electron chi connectivity index (χ0n) is 12.3. The summed E-state index contributed by atoms with van der Waals surface area (Å²) in [5.74, 6) is -0.172. The molecule has 4 heteroatoms. The summed E-state index contributed by atoms with van der Waals surface area (Å²) in [6.45, 7) is 11.1. The zero-order chi connectivity index (χ0) is 14.4. The fourth-order valence-electron chi connectivity index (χ4n) is 2.67. The third-order valence-corrected chi connectivity index (χ3v) is 4.72. The van der Waals surface area contributed by atoms with Gasteiger partial charge in [-0.15, -0.1) is 0 Å². The van der Waals surface area contributed by atoms with Crippen LogP contribution in [0.3, 0.4) is 0 Å². The first-order valence-electron chi connectivity index (χ1n) is 6.70. The topological polar surface area (TPSA) is 47.3 Å². The second-order valence-corrected chi connectivity index (χ2v) is 6.32. The lowest BCUT2D eigenvalue weighted by atomic mass is 10.0. The van der Waals surface area contributed by atoms with Gasteiger partial charge < -0.3 is 15.8 Å². The van der Waals surface area contributed by atoms with Gasteiger partial charge in [0.25, 0.3) is 0 Å². The Balaban J connectivity index is 2.24. The Labute approximate surface area is 114 Å². The number of rotatable bonds is 4. The third-order valence-electron chi connectivity index (χ3n) is 4.72. The quantitative estimate of drug-likeness (QED) is 0.818. The highest BCUT2D eigenvalue weighted by Crippen LogP contribution is 2.64. The molecule has 1 aromatic carbocycles. The second-order valence-electron chi connectivity index (χ2n) is 6.32. The number of ether oxygens (including phenoxy) is 1. The molecule has 2 rings (SSSR count). The summed E-state index contributed by atoms with van der Waals surface area (Å²) in [6, 6.07) is 3.29. The molecule has 0 spiro atoms. The van der Waals surface area contributed by atoms with Gasteiger partial charge in [0, 0.05) is 18.2 Å². The molecule has 0 saturated heterocycles. The molecule has 0 amide bonds. The smallest absolute Gasteiger partial charge is 0.167 e. The maximum Gasteiger partial charge on any atom is 0.167 e. The van der Waals surface area contributed by atoms with E-state index in [1.165, 1.54) is 6.07 Å². The summed E-state index contributed by atoms with van der Waals surface area (Å²) in [5.41, 5.74) is 7.43. The predicted molar refractivity (Wildman–Crippen MR) is 77.0 cm³/mol. The molecule has 1 saturated carbocycles. The van der Waals surface area contributed by atoms with E-state index in [0.29, 0.717) is 18.3 Å². The van der Waals surface area contributed by atoms with Crippen LogP contribution in [0.1, 0.15) is 34.6 Å². The number of hydrogen-bond acceptors (Lipinski definition) is 3. The minimum absolute atomic E-state index is 0.194. The number of nitrogens with two attached hydrogens (primary N) is 1. The van der Waals surface area contributed by atoms with Crippen molar-refractivity contribution in [3.8, 4) is 5.75 Å². The van der Waals surface area contributed by atoms with Crippen LogP contribution >= 0.6 is 0 Å². The number of nitrogen functional groups attached to an aromatic ring is 1. The minimum Gasteiger partial charge on any atom is -0.491 e. The van der Waals surface area contributed by atoms with E-state index in [-0.39, 0.29) is 16.6 Å². The van der Waals surface area contributed by atoms with Crippen molar-refractivity contribution >= 4 is 11.4 Å². The van der Waals surface area contributed by atoms with Gasteiger partial charge in [-0.05, 0) is 17.8 Å². The van der Waals surface area contributed by atoms with Crippen molar-refractivity contribution in [1.82, 2.24) is 0 Å². The molecule has 1 aliphatic carbocycles. The van der Waals surface area contributed by atoms with Gasteiger partial charge in [0.15, 0.2) is 11.6 Å². The number of hydrogen-bond donors (Lipinski definition) is 2. The molecule has 1 aromatic rings. The Morgan fingerprint density at radius 2 is 1.84 bits per heavy atom. The summed E-state index contributed by atoms with van der Waals surface area (Å²) in [7, 11) is 0. The molecular weight excluding hydrogens is 243 g/mol. The maximum absolute atomic E-state index is 13.6. The molecule has 0 radical (unpaired) electrons. The Bertz CT molecular complexity index is 483. The van der Waals surface area contributed by atoms with Crippen molar-refractivity contribution in [1.29, 1.82) is 0 Å². The van der Waals surface area contributed by atoms with E-state index in [1.807, 2.05) is 6.92 Å². The van der Waals surface area contributed by atoms with Gasteiger partial charge in [0.05, 0.1) is 18.0 Å². The summed E-state index contributed by atoms with van der Waals surface area (Å²) >= 11 is 0. The minimum atomic E-state index is -0.417. The van der Waals surface area contributed by atoms with Gasteiger partial charge in [0.2, 0.25) is 0 Å². The van der Waals surface area contributed by atoms with E-state index in [2.05, 4.69) is 33.0 Å². The van der Waals surface area contributed by atoms with E-state index < -0.39 is 5.82 Å². The van der Waals surface area contributed by atoms with E-state index in [0.717, 1.165) is 5.69 Å². The van der Waals surface area contributed by atoms with Crippen LogP contribution in [0.5, 0.6) is 5.75 Å². The lowest BCUT2D eigenvalue weighted by Gasteiger charge is -2.14. The largest absolute Gasteiger partial charge is 0.491 e. The maximum atomic E-state index is 13.6. The van der Waals surface area contributed by atoms with Gasteiger partial charge in [-0.25, -0.2) is 4.39 Å². The highest BCUT2D eigenvalue weighted by atomic mass is 19.1. The molecular formula is C15H23FN2O. The summed E-state index contributed by atoms with van der Waals surface area (Å²) in [6.07, 6.45) is 0. The van der Waals surface area contributed by atoms with Crippen molar-refractivity contribution in [2.45, 2.75) is 40.7 Å². The molecule has 1 fully saturated rings. The van der Waals surface area contributed by atoms with Crippen molar-refractivity contribution in [3.05, 3.63) is 17.9 Å². The molecule has 0 atom stereocenters. The van der Waals surface area contributed by atoms with Crippen LogP contribution in [0.2, 0.25) is 0 Å². The summed E-state index contributed by atoms with van der Waals surface area (Å²) in [5, 5.41) is 3.42. The Morgan fingerprint density at radius 1 is 1.26 bits per heavy atom. The standard InChI is InChI=1S/C15H23FN2O/c1-6-19-12-8-11(10(17)7-9(12)16)18-13-14(2,3)15(13,4)5/h7-8,13,18H,6,17H2,1-5H3. The Morgan fingerprint density at radius 3 is 2.32 bits per heavy atom. The fourth-order valence-corrected chi connectivity index (χ4v) is 2.67. The van der Waals surface area contributed by atoms with E-state index in [1.54, 1.807) is 6.07 Å². The van der Waals surface area contributed by atoms with E-state index >= 15 is 0 Å². The molecule has 3 nitrogen and oxygen atoms in total. The van der Waals surface area contributed by atoms with Crippen LogP contribution < -0.4 is 15.8 Å². The normalized spacial score (nSPS) is 20.1. The molecule has 0 aliphatic heterocycles. The molecule has 0 bridgehead atoms. The van der Waals surface area contributed by atoms with Crippen LogP contribution in [-0.2, 0) is 0 Å². The first-order valence-corrected chi connectivity index (χ1v) is 6.70. The van der Waals surface area contributed by atoms with Gasteiger partial charge in [-0.3, -0.25) is 0 Å². The Kier molecular flexibility index (Phi) is 3.15. The van der Waals surface area contributed by atoms with E-state index in [4.69, 9.17) is 10.5 Å². The van der Waals surface area contributed by atoms with Crippen molar-refractivity contribution < 1.29 is 9.13 Å². The lowest BCUT2D eigenvalue weighted by Crippen LogP contribution is -2.12. The van der Waals surface area contributed by atoms with Crippen LogP contribution in [0.4, 0.5) is 15.8 Å². The first-order chi connectivity index (χ1) is 8.71. The number of benzene rings is 1. The van der Waals surface area contributed by atoms with Gasteiger partial charge in [0.1, 0.15) is 0 Å². The van der Waals surface area contributed by atoms with Crippen molar-refractivity contribution in [2.24, 2.45) is 10.8 Å². The second kappa shape index (κ2) is 4.29. The molecule has 19 heavy (non-hydrogen) atoms. The number of anilines is 2. The van der Waals surface area contributed by atoms with Crippen LogP contribution in [0, 0.1) is 16.6 Å². The summed E-state index contributed by atoms with van der Waals surface area (Å²) in [4.78, 5) is 0. The SMILES string of the molecule is CCOc1cc(NC2C(C)(C)C2(C)C)c(N)cc1F. The highest BCUT2D eigenvalue weighted by Gasteiger charge is 2.65. The van der Waals surface area contributed by atoms with E-state index in [9.17, 15) is 4.39 Å². The van der Waals surface area contributed by atoms with Gasteiger partial charge in [-0.1, -0.05) is 27.7 Å². The van der Waals surface area contributed by atoms with Gasteiger partial charge >= 0.3 is 0 Å². The fraction of sp³-hybridized carbons (Fsp3) is 0.600. The molecule has 0 aromatic heterocycles. The van der Waals surface area contributed by atoms with Crippen LogP contribution in [0.25, 0.3) is 0 Å². The number of halogens is 1. The number of nitrogens with one attached hydrogen (secondary N) is 1. The molecule has 0 unspecified atom stereocenters. The third kappa shape index (κ3) is 2.13. The summed E-state index contributed by atoms with van der Waals surface area (Å²) < 4.78 is 18.9. The molecule has 106 valence electrons. The monoisotopic (exact) mass is 266 g/mol. The molecule has 3 N–H and O–H groups in total. The van der Waals surface area contributed by atoms with Crippen LogP contribution in [0.15, 0.2) is 12.1 Å². The predicted octanol–water partition coefficient (Wildman–Crippen LogP) is 3.65. The molecule has 1 aliphatic rings. The Hall–Kier alpha value is -1.45. The van der Waals surface area contributed by atoms with Crippen molar-refractivity contribution in [3.63, 3.8) is 0 Å². The zero-order valence-corrected chi connectivity index (χ0v) is 12.3. The lowest BCUT2D eigenvalue weighted by molar-refractivity contribution is 0.322. The average Bonchev–Trinajstić information content (AvgIpc) is 2.67. The average molecular weight is 266 g/mol. The van der Waals surface area contributed by atoms with Crippen molar-refractivity contribution in [2.75, 3.05) is 17.7 Å². The molecule has 0 heterocycles. The first kappa shape index (κ1) is 14.0. The van der Waals surface area contributed by atoms with Crippen LogP contribution in [-0.4, -0.2) is 12.6 Å². The van der Waals surface area contributed by atoms with Gasteiger partial charge in [-0.2, -0.15) is 0 Å². The highest BCUT2D eigenvalue weighted by molar-refractivity contribution is 5.70.